The number of fused-ring (bicyclic) bond motifs is 1. The summed E-state index contributed by atoms with van der Waals surface area (Å²) in [6, 6.07) is 8.16. The molecular formula is C23H29N5O3. The van der Waals surface area contributed by atoms with E-state index in [1.54, 1.807) is 18.0 Å². The van der Waals surface area contributed by atoms with E-state index in [0.29, 0.717) is 12.2 Å². The highest BCUT2D eigenvalue weighted by atomic mass is 16.5. The number of hydrogen-bond donors (Lipinski definition) is 0. The molecule has 1 aliphatic heterocycles. The molecule has 0 bridgehead atoms. The molecule has 1 fully saturated rings. The molecule has 164 valence electrons. The third kappa shape index (κ3) is 4.02. The van der Waals surface area contributed by atoms with Gasteiger partial charge in [-0.25, -0.2) is 9.78 Å². The molecule has 0 N–H and O–H groups in total. The molecule has 0 radical (unpaired) electrons. The Kier molecular flexibility index (Phi) is 5.97. The molecule has 0 atom stereocenters. The van der Waals surface area contributed by atoms with Gasteiger partial charge in [0.2, 0.25) is 0 Å². The average Bonchev–Trinajstić information content (AvgIpc) is 2.95. The Hall–Kier alpha value is -3.29. The van der Waals surface area contributed by atoms with Crippen LogP contribution < -0.4 is 14.5 Å². The first-order chi connectivity index (χ1) is 15.0. The van der Waals surface area contributed by atoms with Crippen molar-refractivity contribution < 1.29 is 14.3 Å². The van der Waals surface area contributed by atoms with E-state index in [1.165, 1.54) is 5.69 Å². The van der Waals surface area contributed by atoms with Crippen LogP contribution >= 0.6 is 0 Å². The van der Waals surface area contributed by atoms with Crippen molar-refractivity contribution in [3.05, 3.63) is 41.7 Å². The van der Waals surface area contributed by atoms with Crippen LogP contribution in [0.3, 0.4) is 0 Å². The molecule has 31 heavy (non-hydrogen) atoms. The Morgan fingerprint density at radius 1 is 1.10 bits per heavy atom. The second kappa shape index (κ2) is 8.83. The van der Waals surface area contributed by atoms with Gasteiger partial charge < -0.3 is 19.3 Å². The lowest BCUT2D eigenvalue weighted by molar-refractivity contribution is 0.0527. The highest BCUT2D eigenvalue weighted by molar-refractivity contribution is 6.05. The largest absolute Gasteiger partial charge is 0.497 e. The fraction of sp³-hybridized carbons (Fsp3) is 0.435. The highest BCUT2D eigenvalue weighted by Crippen LogP contribution is 2.33. The van der Waals surface area contributed by atoms with E-state index in [0.717, 1.165) is 60.8 Å². The number of ether oxygens (including phenoxy) is 2. The molecule has 8 nitrogen and oxygen atoms in total. The van der Waals surface area contributed by atoms with Crippen LogP contribution in [-0.4, -0.2) is 60.6 Å². The number of carbonyl (C=O) groups excluding carboxylic acids is 1. The summed E-state index contributed by atoms with van der Waals surface area (Å²) in [5, 5.41) is 5.47. The number of esters is 1. The quantitative estimate of drug-likeness (QED) is 0.584. The van der Waals surface area contributed by atoms with Crippen molar-refractivity contribution >= 4 is 28.4 Å². The van der Waals surface area contributed by atoms with Gasteiger partial charge in [-0.05, 0) is 44.5 Å². The summed E-state index contributed by atoms with van der Waals surface area (Å²) in [5.74, 6) is 0.511. The lowest BCUT2D eigenvalue weighted by atomic mass is 10.1. The molecule has 1 saturated heterocycles. The third-order valence-corrected chi connectivity index (χ3v) is 5.74. The Balaban J connectivity index is 1.68. The van der Waals surface area contributed by atoms with Crippen molar-refractivity contribution in [1.29, 1.82) is 0 Å². The van der Waals surface area contributed by atoms with Crippen LogP contribution in [0, 0.1) is 6.92 Å². The first-order valence-electron chi connectivity index (χ1n) is 10.7. The summed E-state index contributed by atoms with van der Waals surface area (Å²) in [6.45, 7) is 7.52. The number of benzene rings is 1. The minimum atomic E-state index is -0.341. The molecule has 0 unspecified atom stereocenters. The van der Waals surface area contributed by atoms with Crippen LogP contribution in [0.2, 0.25) is 0 Å². The number of rotatable bonds is 5. The highest BCUT2D eigenvalue weighted by Gasteiger charge is 2.26. The first-order valence-corrected chi connectivity index (χ1v) is 10.7. The van der Waals surface area contributed by atoms with E-state index in [1.807, 2.05) is 33.0 Å². The predicted molar refractivity (Wildman–Crippen MR) is 121 cm³/mol. The normalized spacial score (nSPS) is 14.6. The zero-order valence-electron chi connectivity index (χ0n) is 18.6. The molecule has 3 aromatic rings. The molecule has 1 aromatic carbocycles. The topological polar surface area (TPSA) is 72.7 Å². The van der Waals surface area contributed by atoms with Gasteiger partial charge in [0.1, 0.15) is 11.3 Å². The molecule has 0 aliphatic carbocycles. The van der Waals surface area contributed by atoms with Crippen LogP contribution in [-0.2, 0) is 11.8 Å². The lowest BCUT2D eigenvalue weighted by Gasteiger charge is -2.27. The second-order valence-electron chi connectivity index (χ2n) is 7.67. The van der Waals surface area contributed by atoms with Gasteiger partial charge in [0, 0.05) is 45.1 Å². The van der Waals surface area contributed by atoms with Crippen LogP contribution in [0.25, 0.3) is 11.0 Å². The monoisotopic (exact) mass is 423 g/mol. The Labute approximate surface area is 182 Å². The second-order valence-corrected chi connectivity index (χ2v) is 7.67. The summed E-state index contributed by atoms with van der Waals surface area (Å²) >= 11 is 0. The fourth-order valence-corrected chi connectivity index (χ4v) is 4.27. The smallest absolute Gasteiger partial charge is 0.341 e. The third-order valence-electron chi connectivity index (χ3n) is 5.74. The fourth-order valence-electron chi connectivity index (χ4n) is 4.27. The van der Waals surface area contributed by atoms with Gasteiger partial charge in [0.15, 0.2) is 5.65 Å². The van der Waals surface area contributed by atoms with Gasteiger partial charge in [0.05, 0.1) is 30.5 Å². The van der Waals surface area contributed by atoms with Crippen LogP contribution in [0.5, 0.6) is 5.75 Å². The summed E-state index contributed by atoms with van der Waals surface area (Å²) in [7, 11) is 3.56. The van der Waals surface area contributed by atoms with Gasteiger partial charge in [-0.1, -0.05) is 0 Å². The van der Waals surface area contributed by atoms with Gasteiger partial charge in [-0.2, -0.15) is 5.10 Å². The SMILES string of the molecule is CCOC(=O)c1cnc2c(c(C)nn2C)c1N1CCCN(c2ccc(OC)cc2)CC1. The summed E-state index contributed by atoms with van der Waals surface area (Å²) in [6.07, 6.45) is 2.60. The van der Waals surface area contributed by atoms with E-state index in [9.17, 15) is 4.79 Å². The number of anilines is 2. The molecule has 1 aliphatic rings. The summed E-state index contributed by atoms with van der Waals surface area (Å²) in [4.78, 5) is 21.9. The number of nitrogens with zero attached hydrogens (tertiary/aromatic N) is 5. The van der Waals surface area contributed by atoms with Crippen molar-refractivity contribution in [2.75, 3.05) is 49.7 Å². The predicted octanol–water partition coefficient (Wildman–Crippen LogP) is 3.18. The molecule has 0 saturated carbocycles. The van der Waals surface area contributed by atoms with E-state index in [2.05, 4.69) is 32.0 Å². The van der Waals surface area contributed by atoms with Gasteiger partial charge in [-0.15, -0.1) is 0 Å². The van der Waals surface area contributed by atoms with Crippen molar-refractivity contribution in [3.63, 3.8) is 0 Å². The molecule has 0 amide bonds. The Bertz CT molecular complexity index is 1080. The molecule has 2 aromatic heterocycles. The molecular weight excluding hydrogens is 394 g/mol. The number of pyridine rings is 1. The maximum atomic E-state index is 12.8. The zero-order valence-corrected chi connectivity index (χ0v) is 18.6. The summed E-state index contributed by atoms with van der Waals surface area (Å²) < 4.78 is 12.4. The van der Waals surface area contributed by atoms with Gasteiger partial charge >= 0.3 is 5.97 Å². The van der Waals surface area contributed by atoms with Crippen molar-refractivity contribution in [1.82, 2.24) is 14.8 Å². The van der Waals surface area contributed by atoms with E-state index in [-0.39, 0.29) is 5.97 Å². The summed E-state index contributed by atoms with van der Waals surface area (Å²) in [5.41, 5.74) is 4.19. The molecule has 0 spiro atoms. The Morgan fingerprint density at radius 2 is 1.81 bits per heavy atom. The van der Waals surface area contributed by atoms with Crippen molar-refractivity contribution in [2.45, 2.75) is 20.3 Å². The standard InChI is InChI=1S/C23H29N5O3/c1-5-31-23(29)19-15-24-22-20(16(2)25-26(22)3)21(19)28-12-6-11-27(13-14-28)17-7-9-18(30-4)10-8-17/h7-10,15H,5-6,11-14H2,1-4H3. The number of aromatic nitrogens is 3. The number of carbonyl (C=O) groups is 1. The van der Waals surface area contributed by atoms with Crippen molar-refractivity contribution in [3.8, 4) is 5.75 Å². The maximum Gasteiger partial charge on any atom is 0.341 e. The van der Waals surface area contributed by atoms with Crippen LogP contribution in [0.15, 0.2) is 30.5 Å². The Morgan fingerprint density at radius 3 is 2.52 bits per heavy atom. The first kappa shape index (κ1) is 21.0. The minimum absolute atomic E-state index is 0.327. The number of hydrogen-bond acceptors (Lipinski definition) is 7. The zero-order chi connectivity index (χ0) is 22.0. The van der Waals surface area contributed by atoms with Crippen molar-refractivity contribution in [2.24, 2.45) is 7.05 Å². The lowest BCUT2D eigenvalue weighted by Crippen LogP contribution is -2.32. The number of aryl methyl sites for hydroxylation is 2. The molecule has 8 heteroatoms. The van der Waals surface area contributed by atoms with Crippen LogP contribution in [0.1, 0.15) is 29.4 Å². The van der Waals surface area contributed by atoms with Gasteiger partial charge in [0.25, 0.3) is 0 Å². The van der Waals surface area contributed by atoms with E-state index in [4.69, 9.17) is 9.47 Å². The van der Waals surface area contributed by atoms with E-state index < -0.39 is 0 Å². The van der Waals surface area contributed by atoms with Gasteiger partial charge in [-0.3, -0.25) is 4.68 Å². The average molecular weight is 424 g/mol. The van der Waals surface area contributed by atoms with Crippen LogP contribution in [0.4, 0.5) is 11.4 Å². The molecule has 4 rings (SSSR count). The van der Waals surface area contributed by atoms with E-state index >= 15 is 0 Å². The number of methoxy groups -OCH3 is 1. The minimum Gasteiger partial charge on any atom is -0.497 e. The maximum absolute atomic E-state index is 12.8. The molecule has 3 heterocycles.